The van der Waals surface area contributed by atoms with Gasteiger partial charge in [-0.15, -0.1) is 0 Å². The van der Waals surface area contributed by atoms with Crippen molar-refractivity contribution >= 4 is 22.1 Å². The first-order valence-corrected chi connectivity index (χ1v) is 12.8. The van der Waals surface area contributed by atoms with Crippen molar-refractivity contribution in [2.45, 2.75) is 51.7 Å². The summed E-state index contributed by atoms with van der Waals surface area (Å²) in [5, 5.41) is 0. The lowest BCUT2D eigenvalue weighted by atomic mass is 9.92. The molecule has 0 N–H and O–H groups in total. The zero-order valence-electron chi connectivity index (χ0n) is 19.0. The largest absolute Gasteiger partial charge is 0.433 e. The zero-order chi connectivity index (χ0) is 23.4. The maximum absolute atomic E-state index is 13.1. The Balaban J connectivity index is 1.42. The van der Waals surface area contributed by atoms with E-state index in [1.54, 1.807) is 36.7 Å². The third-order valence-corrected chi connectivity index (χ3v) is 7.19. The maximum atomic E-state index is 13.1. The third kappa shape index (κ3) is 6.35. The van der Waals surface area contributed by atoms with Crippen molar-refractivity contribution in [1.29, 1.82) is 0 Å². The minimum atomic E-state index is -3.20. The molecule has 33 heavy (non-hydrogen) atoms. The summed E-state index contributed by atoms with van der Waals surface area (Å²) < 4.78 is 46.6. The third-order valence-electron chi connectivity index (χ3n) is 6.09. The van der Waals surface area contributed by atoms with E-state index in [1.165, 1.54) is 0 Å². The fraction of sp³-hybridized carbons (Fsp3) is 0.500. The van der Waals surface area contributed by atoms with Crippen LogP contribution in [0.1, 0.15) is 44.0 Å². The molecular formula is C24H30F2N4O2S. The second-order valence-electron chi connectivity index (χ2n) is 8.70. The highest BCUT2D eigenvalue weighted by Gasteiger charge is 2.23. The van der Waals surface area contributed by atoms with Gasteiger partial charge in [0.2, 0.25) is 0 Å². The van der Waals surface area contributed by atoms with Crippen molar-refractivity contribution in [3.05, 3.63) is 54.0 Å². The number of hydrogen-bond donors (Lipinski definition) is 0. The number of halogens is 2. The Kier molecular flexibility index (Phi) is 7.38. The Bertz CT molecular complexity index is 1090. The van der Waals surface area contributed by atoms with Crippen LogP contribution in [0.2, 0.25) is 0 Å². The fourth-order valence-electron chi connectivity index (χ4n) is 4.42. The number of alkyl halides is 2. The molecule has 6 nitrogen and oxygen atoms in total. The van der Waals surface area contributed by atoms with E-state index in [-0.39, 0.29) is 5.75 Å². The number of aromatic nitrogens is 3. The van der Waals surface area contributed by atoms with E-state index in [0.717, 1.165) is 74.7 Å². The zero-order valence-corrected chi connectivity index (χ0v) is 19.9. The molecule has 0 bridgehead atoms. The Morgan fingerprint density at radius 1 is 1.18 bits per heavy atom. The van der Waals surface area contributed by atoms with Gasteiger partial charge in [-0.1, -0.05) is 12.1 Å². The van der Waals surface area contributed by atoms with E-state index in [9.17, 15) is 13.0 Å². The van der Waals surface area contributed by atoms with Crippen LogP contribution in [0.25, 0.3) is 11.2 Å². The van der Waals surface area contributed by atoms with Gasteiger partial charge in [0.15, 0.2) is 5.65 Å². The number of imidazole rings is 1. The first-order valence-electron chi connectivity index (χ1n) is 11.3. The molecule has 1 fully saturated rings. The summed E-state index contributed by atoms with van der Waals surface area (Å²) in [5.74, 6) is 1.78. The van der Waals surface area contributed by atoms with E-state index in [0.29, 0.717) is 12.5 Å². The van der Waals surface area contributed by atoms with Crippen molar-refractivity contribution < 1.29 is 17.7 Å². The monoisotopic (exact) mass is 476 g/mol. The number of pyridine rings is 1. The van der Waals surface area contributed by atoms with Gasteiger partial charge in [0, 0.05) is 38.9 Å². The van der Waals surface area contributed by atoms with Gasteiger partial charge in [-0.2, -0.15) is 8.78 Å². The molecule has 1 aliphatic rings. The first-order chi connectivity index (χ1) is 15.8. The van der Waals surface area contributed by atoms with E-state index >= 15 is 0 Å². The van der Waals surface area contributed by atoms with Gasteiger partial charge >= 0.3 is 6.11 Å². The highest BCUT2D eigenvalue weighted by molar-refractivity contribution is 7.81. The molecule has 0 amide bonds. The average Bonchev–Trinajstić information content (AvgIpc) is 3.12. The van der Waals surface area contributed by atoms with Gasteiger partial charge in [-0.3, -0.25) is 0 Å². The predicted octanol–water partition coefficient (Wildman–Crippen LogP) is 4.80. The van der Waals surface area contributed by atoms with Crippen molar-refractivity contribution in [3.8, 4) is 5.75 Å². The van der Waals surface area contributed by atoms with E-state index in [2.05, 4.69) is 14.3 Å². The standard InChI is InChI=1S/C24H30F2N4O2S/c1-24(25,26)32-20-10-8-19(9-11-20)17-30-22(28-21-6-4-14-27-23(21)30)7-3-5-18-12-15-29(16-13-18)33(2)31/h4,6,8-11,14,18H,3,5,7,12-13,15-17H2,1-2H3. The van der Waals surface area contributed by atoms with Gasteiger partial charge in [0.05, 0.1) is 17.5 Å². The number of piperidine rings is 1. The number of hydrogen-bond acceptors (Lipinski definition) is 4. The first kappa shape index (κ1) is 23.8. The van der Waals surface area contributed by atoms with E-state index < -0.39 is 17.1 Å². The second-order valence-corrected chi connectivity index (χ2v) is 10.1. The molecule has 1 aromatic carbocycles. The SMILES string of the molecule is CS(=O)N1CCC(CCCc2nc3cccnc3n2Cc2ccc(OC(C)(F)F)cc2)CC1. The van der Waals surface area contributed by atoms with Crippen LogP contribution in [0, 0.1) is 5.92 Å². The van der Waals surface area contributed by atoms with Gasteiger partial charge in [0.25, 0.3) is 0 Å². The molecule has 2 aromatic heterocycles. The number of ether oxygens (including phenoxy) is 1. The lowest BCUT2D eigenvalue weighted by molar-refractivity contribution is -0.158. The molecule has 0 spiro atoms. The molecule has 0 saturated carbocycles. The van der Waals surface area contributed by atoms with Crippen molar-refractivity contribution in [2.24, 2.45) is 5.92 Å². The van der Waals surface area contributed by atoms with Crippen molar-refractivity contribution in [2.75, 3.05) is 19.3 Å². The molecule has 0 aliphatic carbocycles. The summed E-state index contributed by atoms with van der Waals surface area (Å²) in [6.45, 7) is 3.09. The van der Waals surface area contributed by atoms with Crippen molar-refractivity contribution in [3.63, 3.8) is 0 Å². The molecule has 1 unspecified atom stereocenters. The van der Waals surface area contributed by atoms with Crippen LogP contribution in [-0.2, 0) is 24.0 Å². The lowest BCUT2D eigenvalue weighted by Gasteiger charge is -2.29. The van der Waals surface area contributed by atoms with Crippen LogP contribution in [0.15, 0.2) is 42.6 Å². The topological polar surface area (TPSA) is 60.2 Å². The Labute approximate surface area is 195 Å². The minimum Gasteiger partial charge on any atom is -0.433 e. The molecule has 0 radical (unpaired) electrons. The lowest BCUT2D eigenvalue weighted by Crippen LogP contribution is -2.34. The van der Waals surface area contributed by atoms with E-state index in [1.807, 2.05) is 16.4 Å². The molecule has 4 rings (SSSR count). The summed E-state index contributed by atoms with van der Waals surface area (Å²) in [7, 11) is -0.873. The second kappa shape index (κ2) is 10.3. The summed E-state index contributed by atoms with van der Waals surface area (Å²) in [6, 6.07) is 10.6. The molecule has 1 atom stereocenters. The summed E-state index contributed by atoms with van der Waals surface area (Å²) in [4.78, 5) is 9.35. The van der Waals surface area contributed by atoms with Gasteiger partial charge < -0.3 is 9.30 Å². The molecule has 3 aromatic rings. The van der Waals surface area contributed by atoms with Crippen LogP contribution in [-0.4, -0.2) is 48.5 Å². The van der Waals surface area contributed by atoms with Crippen LogP contribution < -0.4 is 4.74 Å². The van der Waals surface area contributed by atoms with Gasteiger partial charge in [-0.05, 0) is 61.4 Å². The Morgan fingerprint density at radius 2 is 1.91 bits per heavy atom. The number of aryl methyl sites for hydroxylation is 1. The molecule has 1 saturated heterocycles. The Hall–Kier alpha value is -2.39. The highest BCUT2D eigenvalue weighted by Crippen LogP contribution is 2.25. The number of fused-ring (bicyclic) bond motifs is 1. The minimum absolute atomic E-state index is 0.137. The Morgan fingerprint density at radius 3 is 2.58 bits per heavy atom. The number of rotatable bonds is 9. The van der Waals surface area contributed by atoms with Crippen LogP contribution in [0.4, 0.5) is 8.78 Å². The van der Waals surface area contributed by atoms with Crippen LogP contribution >= 0.6 is 0 Å². The number of nitrogens with zero attached hydrogens (tertiary/aromatic N) is 4. The van der Waals surface area contributed by atoms with Crippen molar-refractivity contribution in [1.82, 2.24) is 18.8 Å². The molecule has 178 valence electrons. The average molecular weight is 477 g/mol. The molecule has 3 heterocycles. The van der Waals surface area contributed by atoms with E-state index in [4.69, 9.17) is 4.98 Å². The van der Waals surface area contributed by atoms with Crippen LogP contribution in [0.5, 0.6) is 5.75 Å². The quantitative estimate of drug-likeness (QED) is 0.445. The molecule has 1 aliphatic heterocycles. The summed E-state index contributed by atoms with van der Waals surface area (Å²) >= 11 is 0. The van der Waals surface area contributed by atoms with Crippen LogP contribution in [0.3, 0.4) is 0 Å². The number of benzene rings is 1. The maximum Gasteiger partial charge on any atom is 0.394 e. The molecular weight excluding hydrogens is 446 g/mol. The normalized spacial score (nSPS) is 16.8. The summed E-state index contributed by atoms with van der Waals surface area (Å²) in [5.41, 5.74) is 2.65. The van der Waals surface area contributed by atoms with Gasteiger partial charge in [0.1, 0.15) is 17.1 Å². The highest BCUT2D eigenvalue weighted by atomic mass is 32.2. The smallest absolute Gasteiger partial charge is 0.394 e. The summed E-state index contributed by atoms with van der Waals surface area (Å²) in [6.07, 6.45) is 5.47. The predicted molar refractivity (Wildman–Crippen MR) is 126 cm³/mol. The van der Waals surface area contributed by atoms with Gasteiger partial charge in [-0.25, -0.2) is 18.5 Å². The fourth-order valence-corrected chi connectivity index (χ4v) is 5.14. The molecule has 9 heteroatoms.